The maximum Gasteiger partial charge on any atom is 0.326 e. The van der Waals surface area contributed by atoms with Crippen molar-refractivity contribution in [3.63, 3.8) is 0 Å². The fraction of sp³-hybridized carbons (Fsp3) is 0.200. The molecule has 32 heavy (non-hydrogen) atoms. The molecule has 0 unspecified atom stereocenters. The molecule has 0 aliphatic heterocycles. The number of rotatable bonds is 5. The van der Waals surface area contributed by atoms with Gasteiger partial charge >= 0.3 is 5.97 Å². The molecule has 0 saturated heterocycles. The Balaban J connectivity index is 2.04. The van der Waals surface area contributed by atoms with Crippen LogP contribution >= 0.6 is 11.6 Å². The number of halogens is 3. The van der Waals surface area contributed by atoms with E-state index in [0.717, 1.165) is 28.2 Å². The lowest BCUT2D eigenvalue weighted by molar-refractivity contribution is -0.152. The van der Waals surface area contributed by atoms with Gasteiger partial charge in [-0.2, -0.15) is 0 Å². The summed E-state index contributed by atoms with van der Waals surface area (Å²) in [5, 5.41) is 0.571. The van der Waals surface area contributed by atoms with E-state index in [-0.39, 0.29) is 5.69 Å². The van der Waals surface area contributed by atoms with Gasteiger partial charge < -0.3 is 4.74 Å². The number of hydrogen-bond donors (Lipinski definition) is 0. The topological polar surface area (TPSA) is 46.6 Å². The summed E-state index contributed by atoms with van der Waals surface area (Å²) in [6.45, 7) is 4.55. The fourth-order valence-corrected chi connectivity index (χ4v) is 3.24. The minimum Gasteiger partial charge on any atom is -0.459 e. The molecule has 1 amide bonds. The molecule has 0 aliphatic carbocycles. The monoisotopic (exact) mass is 457 g/mol. The van der Waals surface area contributed by atoms with Gasteiger partial charge in [-0.05, 0) is 68.3 Å². The van der Waals surface area contributed by atoms with E-state index in [1.54, 1.807) is 63.2 Å². The van der Waals surface area contributed by atoms with Gasteiger partial charge in [-0.25, -0.2) is 8.78 Å². The maximum atomic E-state index is 14.4. The van der Waals surface area contributed by atoms with Crippen molar-refractivity contribution in [2.24, 2.45) is 0 Å². The van der Waals surface area contributed by atoms with Gasteiger partial charge in [0.25, 0.3) is 5.91 Å². The highest BCUT2D eigenvalue weighted by Gasteiger charge is 2.28. The number of benzene rings is 3. The maximum absolute atomic E-state index is 14.4. The summed E-state index contributed by atoms with van der Waals surface area (Å²) in [5.41, 5.74) is 0.303. The highest BCUT2D eigenvalue weighted by Crippen LogP contribution is 2.28. The van der Waals surface area contributed by atoms with Crippen molar-refractivity contribution in [2.75, 3.05) is 11.4 Å². The smallest absolute Gasteiger partial charge is 0.326 e. The Labute approximate surface area is 190 Å². The van der Waals surface area contributed by atoms with E-state index in [0.29, 0.717) is 5.02 Å². The van der Waals surface area contributed by atoms with Crippen LogP contribution in [0.2, 0.25) is 5.02 Å². The average molecular weight is 458 g/mol. The van der Waals surface area contributed by atoms with E-state index in [2.05, 4.69) is 0 Å². The summed E-state index contributed by atoms with van der Waals surface area (Å²) in [6.07, 6.45) is 0. The third kappa shape index (κ3) is 5.71. The Morgan fingerprint density at radius 1 is 0.906 bits per heavy atom. The minimum atomic E-state index is -1.02. The lowest BCUT2D eigenvalue weighted by Crippen LogP contribution is -2.39. The average Bonchev–Trinajstić information content (AvgIpc) is 2.71. The number of nitrogens with zero attached hydrogens (tertiary/aromatic N) is 1. The van der Waals surface area contributed by atoms with Crippen LogP contribution in [-0.4, -0.2) is 24.0 Å². The van der Waals surface area contributed by atoms with Gasteiger partial charge in [0.1, 0.15) is 29.3 Å². The van der Waals surface area contributed by atoms with Crippen LogP contribution in [0.15, 0.2) is 66.7 Å². The van der Waals surface area contributed by atoms with E-state index < -0.39 is 41.2 Å². The quantitative estimate of drug-likeness (QED) is 0.424. The lowest BCUT2D eigenvalue weighted by atomic mass is 10.0. The van der Waals surface area contributed by atoms with Crippen LogP contribution < -0.4 is 4.90 Å². The Bertz CT molecular complexity index is 1120. The zero-order valence-corrected chi connectivity index (χ0v) is 18.6. The first-order chi connectivity index (χ1) is 15.0. The second-order valence-corrected chi connectivity index (χ2v) is 8.57. The number of ether oxygens (including phenoxy) is 1. The largest absolute Gasteiger partial charge is 0.459 e. The van der Waals surface area contributed by atoms with E-state index >= 15 is 0 Å². The predicted octanol–water partition coefficient (Wildman–Crippen LogP) is 6.27. The van der Waals surface area contributed by atoms with Crippen LogP contribution in [0, 0.1) is 11.6 Å². The second-order valence-electron chi connectivity index (χ2n) is 8.13. The van der Waals surface area contributed by atoms with Crippen LogP contribution in [-0.2, 0) is 9.53 Å². The lowest BCUT2D eigenvalue weighted by Gasteiger charge is -2.26. The van der Waals surface area contributed by atoms with Gasteiger partial charge in [-0.1, -0.05) is 41.9 Å². The molecule has 0 aliphatic rings. The van der Waals surface area contributed by atoms with E-state index in [1.807, 2.05) is 6.07 Å². The number of amides is 1. The van der Waals surface area contributed by atoms with Gasteiger partial charge in [0, 0.05) is 10.7 Å². The molecule has 4 nitrogen and oxygen atoms in total. The first-order valence-corrected chi connectivity index (χ1v) is 10.3. The van der Waals surface area contributed by atoms with Crippen LogP contribution in [0.25, 0.3) is 11.1 Å². The third-order valence-corrected chi connectivity index (χ3v) is 4.72. The highest BCUT2D eigenvalue weighted by molar-refractivity contribution is 6.30. The number of esters is 1. The number of hydrogen-bond acceptors (Lipinski definition) is 3. The van der Waals surface area contributed by atoms with Gasteiger partial charge in [0.2, 0.25) is 0 Å². The van der Waals surface area contributed by atoms with Crippen molar-refractivity contribution in [3.8, 4) is 11.1 Å². The molecular weight excluding hydrogens is 436 g/mol. The molecule has 0 bridgehead atoms. The van der Waals surface area contributed by atoms with Gasteiger partial charge in [-0.15, -0.1) is 0 Å². The number of carbonyl (C=O) groups excluding carboxylic acids is 2. The van der Waals surface area contributed by atoms with Crippen LogP contribution in [0.5, 0.6) is 0 Å². The zero-order valence-electron chi connectivity index (χ0n) is 17.9. The summed E-state index contributed by atoms with van der Waals surface area (Å²) < 4.78 is 34.0. The predicted molar refractivity (Wildman–Crippen MR) is 121 cm³/mol. The van der Waals surface area contributed by atoms with Crippen LogP contribution in [0.4, 0.5) is 14.5 Å². The van der Waals surface area contributed by atoms with Crippen molar-refractivity contribution in [2.45, 2.75) is 26.4 Å². The summed E-state index contributed by atoms with van der Waals surface area (Å²) in [6, 6.07) is 16.9. The molecule has 0 heterocycles. The van der Waals surface area contributed by atoms with E-state index in [1.165, 1.54) is 6.07 Å². The standard InChI is InChI=1S/C25H22ClF2NO3/c1-25(2,3)32-22(30)15-29(24(31)23-20(27)8-5-9-21(23)28)19-7-4-6-17(14-19)16-10-12-18(26)13-11-16/h4-14H,15H2,1-3H3. The Kier molecular flexibility index (Phi) is 6.94. The number of anilines is 1. The number of carbonyl (C=O) groups is 2. The Hall–Kier alpha value is -3.25. The van der Waals surface area contributed by atoms with Gasteiger partial charge in [-0.3, -0.25) is 14.5 Å². The van der Waals surface area contributed by atoms with Gasteiger partial charge in [0.05, 0.1) is 0 Å². The van der Waals surface area contributed by atoms with Crippen molar-refractivity contribution in [3.05, 3.63) is 89.0 Å². The summed E-state index contributed by atoms with van der Waals surface area (Å²) in [7, 11) is 0. The van der Waals surface area contributed by atoms with Crippen molar-refractivity contribution >= 4 is 29.2 Å². The van der Waals surface area contributed by atoms with Gasteiger partial charge in [0.15, 0.2) is 0 Å². The summed E-state index contributed by atoms with van der Waals surface area (Å²) in [4.78, 5) is 26.7. The molecule has 0 aromatic heterocycles. The molecule has 3 rings (SSSR count). The summed E-state index contributed by atoms with van der Waals surface area (Å²) in [5.74, 6) is -3.73. The fourth-order valence-electron chi connectivity index (χ4n) is 3.12. The SMILES string of the molecule is CC(C)(C)OC(=O)CN(C(=O)c1c(F)cccc1F)c1cccc(-c2ccc(Cl)cc2)c1. The Morgan fingerprint density at radius 3 is 2.09 bits per heavy atom. The molecule has 3 aromatic rings. The second kappa shape index (κ2) is 9.49. The molecule has 7 heteroatoms. The molecular formula is C25H22ClF2NO3. The summed E-state index contributed by atoms with van der Waals surface area (Å²) >= 11 is 5.95. The molecule has 166 valence electrons. The molecule has 0 spiro atoms. The first-order valence-electron chi connectivity index (χ1n) is 9.89. The van der Waals surface area contributed by atoms with Crippen LogP contribution in [0.1, 0.15) is 31.1 Å². The van der Waals surface area contributed by atoms with Crippen molar-refractivity contribution < 1.29 is 23.1 Å². The normalized spacial score (nSPS) is 11.2. The van der Waals surface area contributed by atoms with Crippen molar-refractivity contribution in [1.29, 1.82) is 0 Å². The van der Waals surface area contributed by atoms with Crippen LogP contribution in [0.3, 0.4) is 0 Å². The van der Waals surface area contributed by atoms with E-state index in [4.69, 9.17) is 16.3 Å². The minimum absolute atomic E-state index is 0.288. The molecule has 3 aromatic carbocycles. The molecule has 0 fully saturated rings. The molecule has 0 N–H and O–H groups in total. The van der Waals surface area contributed by atoms with E-state index in [9.17, 15) is 18.4 Å². The first kappa shape index (κ1) is 23.4. The Morgan fingerprint density at radius 2 is 1.50 bits per heavy atom. The molecule has 0 saturated carbocycles. The molecule has 0 radical (unpaired) electrons. The molecule has 0 atom stereocenters. The third-order valence-electron chi connectivity index (χ3n) is 4.46. The zero-order chi connectivity index (χ0) is 23.5. The van der Waals surface area contributed by atoms with Crippen molar-refractivity contribution in [1.82, 2.24) is 0 Å². The highest BCUT2D eigenvalue weighted by atomic mass is 35.5.